The third-order valence-electron chi connectivity index (χ3n) is 11.4. The summed E-state index contributed by atoms with van der Waals surface area (Å²) in [6, 6.07) is 65.2. The molecule has 2 nitrogen and oxygen atoms in total. The van der Waals surface area contributed by atoms with Gasteiger partial charge in [0.25, 0.3) is 0 Å². The lowest BCUT2D eigenvalue weighted by Crippen LogP contribution is -1.90. The van der Waals surface area contributed by atoms with E-state index in [4.69, 9.17) is 0 Å². The molecule has 0 N–H and O–H groups in total. The predicted molar refractivity (Wildman–Crippen MR) is 227 cm³/mol. The van der Waals surface area contributed by atoms with Crippen molar-refractivity contribution in [3.63, 3.8) is 0 Å². The van der Waals surface area contributed by atoms with E-state index >= 15 is 0 Å². The second-order valence-corrected chi connectivity index (χ2v) is 14.2. The van der Waals surface area contributed by atoms with Crippen LogP contribution in [0.4, 0.5) is 0 Å². The molecule has 0 heterocycles. The number of rotatable bonds is 2. The van der Waals surface area contributed by atoms with Crippen LogP contribution in [0, 0.1) is 22.7 Å². The lowest BCUT2D eigenvalue weighted by molar-refractivity contribution is 1.50. The summed E-state index contributed by atoms with van der Waals surface area (Å²) in [5.41, 5.74) is 6.05. The molecule has 11 rings (SSSR count). The van der Waals surface area contributed by atoms with Crippen molar-refractivity contribution in [1.82, 2.24) is 0 Å². The Hall–Kier alpha value is -7.52. The molecule has 11 aromatic rings. The van der Waals surface area contributed by atoms with Crippen molar-refractivity contribution in [2.45, 2.75) is 0 Å². The second kappa shape index (κ2) is 11.5. The molecule has 0 aromatic heterocycles. The van der Waals surface area contributed by atoms with Crippen molar-refractivity contribution in [1.29, 1.82) is 10.5 Å². The number of benzene rings is 11. The van der Waals surface area contributed by atoms with E-state index in [1.165, 1.54) is 65.0 Å². The molecule has 0 aliphatic heterocycles. The molecule has 2 heteroatoms. The summed E-state index contributed by atoms with van der Waals surface area (Å²) >= 11 is 0. The number of nitriles is 2. The Labute approximate surface area is 311 Å². The molecule has 0 atom stereocenters. The molecule has 0 radical (unpaired) electrons. The summed E-state index contributed by atoms with van der Waals surface area (Å²) in [5, 5.41) is 38.4. The van der Waals surface area contributed by atoms with E-state index in [0.717, 1.165) is 43.4 Å². The lowest BCUT2D eigenvalue weighted by atomic mass is 9.86. The SMILES string of the molecule is N#Cc1ccc2c(c1)c1ccccc1c1cc(-c3ccc(-c4cc5c6ccccc6c6cc(C#N)ccc6c5c5ccccc45)cc3)c3ccccc3c21. The summed E-state index contributed by atoms with van der Waals surface area (Å²) in [6.45, 7) is 0. The zero-order valence-corrected chi connectivity index (χ0v) is 29.1. The number of hydrogen-bond acceptors (Lipinski definition) is 2. The van der Waals surface area contributed by atoms with Crippen molar-refractivity contribution in [2.24, 2.45) is 0 Å². The van der Waals surface area contributed by atoms with Crippen LogP contribution in [0.3, 0.4) is 0 Å². The van der Waals surface area contributed by atoms with Gasteiger partial charge in [-0.15, -0.1) is 0 Å². The van der Waals surface area contributed by atoms with Gasteiger partial charge in [0.1, 0.15) is 0 Å². The zero-order chi connectivity index (χ0) is 35.9. The van der Waals surface area contributed by atoms with Crippen LogP contribution in [0.15, 0.2) is 170 Å². The molecule has 0 amide bonds. The fourth-order valence-corrected chi connectivity index (χ4v) is 9.08. The Morgan fingerprint density at radius 3 is 0.944 bits per heavy atom. The largest absolute Gasteiger partial charge is 0.192 e. The molecule has 246 valence electrons. The maximum atomic E-state index is 9.75. The van der Waals surface area contributed by atoms with Crippen molar-refractivity contribution >= 4 is 86.2 Å². The van der Waals surface area contributed by atoms with Crippen LogP contribution < -0.4 is 0 Å². The van der Waals surface area contributed by atoms with Gasteiger partial charge in [-0.2, -0.15) is 10.5 Å². The van der Waals surface area contributed by atoms with E-state index in [-0.39, 0.29) is 0 Å². The molecular formula is C52H28N2. The zero-order valence-electron chi connectivity index (χ0n) is 29.1. The van der Waals surface area contributed by atoms with Gasteiger partial charge in [0.15, 0.2) is 0 Å². The minimum atomic E-state index is 0.669. The summed E-state index contributed by atoms with van der Waals surface area (Å²) in [6.07, 6.45) is 0. The van der Waals surface area contributed by atoms with Crippen molar-refractivity contribution in [3.8, 4) is 34.4 Å². The fourth-order valence-electron chi connectivity index (χ4n) is 9.08. The van der Waals surface area contributed by atoms with Gasteiger partial charge in [0, 0.05) is 0 Å². The van der Waals surface area contributed by atoms with E-state index in [9.17, 15) is 10.5 Å². The minimum absolute atomic E-state index is 0.669. The molecule has 0 aliphatic rings. The summed E-state index contributed by atoms with van der Waals surface area (Å²) < 4.78 is 0. The van der Waals surface area contributed by atoms with Crippen molar-refractivity contribution in [2.75, 3.05) is 0 Å². The Balaban J connectivity index is 1.15. The van der Waals surface area contributed by atoms with E-state index in [1.807, 2.05) is 24.3 Å². The van der Waals surface area contributed by atoms with Crippen LogP contribution in [-0.2, 0) is 0 Å². The standard InChI is InChI=1S/C52H28N2/c53-29-31-17-23-43-47(25-31)35-9-1-3-11-37(35)49-27-45(39-13-5-7-15-41(39)51(43)49)33-19-21-34(22-20-33)46-28-50-38-12-4-2-10-36(38)48-26-32(30-54)18-24-44(48)52(50)42-16-8-6-14-40(42)46/h1-28H. The fraction of sp³-hybridized carbons (Fsp3) is 0. The Morgan fingerprint density at radius 1 is 0.259 bits per heavy atom. The first-order valence-corrected chi connectivity index (χ1v) is 18.2. The van der Waals surface area contributed by atoms with E-state index < -0.39 is 0 Å². The van der Waals surface area contributed by atoms with Gasteiger partial charge in [-0.25, -0.2) is 0 Å². The lowest BCUT2D eigenvalue weighted by Gasteiger charge is -2.17. The normalized spacial score (nSPS) is 11.7. The second-order valence-electron chi connectivity index (χ2n) is 14.2. The van der Waals surface area contributed by atoms with Crippen LogP contribution in [0.2, 0.25) is 0 Å². The minimum Gasteiger partial charge on any atom is -0.192 e. The third-order valence-corrected chi connectivity index (χ3v) is 11.4. The summed E-state index contributed by atoms with van der Waals surface area (Å²) in [5.74, 6) is 0. The molecule has 0 unspecified atom stereocenters. The highest BCUT2D eigenvalue weighted by molar-refractivity contribution is 6.34. The van der Waals surface area contributed by atoms with Crippen LogP contribution in [-0.4, -0.2) is 0 Å². The number of nitrogens with zero attached hydrogens (tertiary/aromatic N) is 2. The highest BCUT2D eigenvalue weighted by atomic mass is 14.3. The van der Waals surface area contributed by atoms with Gasteiger partial charge in [-0.05, 0) is 145 Å². The maximum absolute atomic E-state index is 9.75. The average molecular weight is 681 g/mol. The maximum Gasteiger partial charge on any atom is 0.0991 e. The molecular weight excluding hydrogens is 653 g/mol. The molecule has 0 saturated carbocycles. The smallest absolute Gasteiger partial charge is 0.0991 e. The molecule has 0 saturated heterocycles. The van der Waals surface area contributed by atoms with E-state index in [2.05, 4.69) is 158 Å². The highest BCUT2D eigenvalue weighted by Gasteiger charge is 2.18. The van der Waals surface area contributed by atoms with Gasteiger partial charge in [0.2, 0.25) is 0 Å². The van der Waals surface area contributed by atoms with Crippen LogP contribution in [0.1, 0.15) is 11.1 Å². The predicted octanol–water partition coefficient (Wildman–Crippen LogP) is 14.0. The summed E-state index contributed by atoms with van der Waals surface area (Å²) in [4.78, 5) is 0. The third kappa shape index (κ3) is 4.26. The number of fused-ring (bicyclic) bond motifs is 16. The Kier molecular flexibility index (Phi) is 6.41. The molecule has 0 aliphatic carbocycles. The quantitative estimate of drug-likeness (QED) is 0.171. The average Bonchev–Trinajstić information content (AvgIpc) is 3.25. The topological polar surface area (TPSA) is 47.6 Å². The monoisotopic (exact) mass is 680 g/mol. The Morgan fingerprint density at radius 2 is 0.574 bits per heavy atom. The first-order chi connectivity index (χ1) is 26.7. The Bertz CT molecular complexity index is 3270. The van der Waals surface area contributed by atoms with Crippen molar-refractivity contribution < 1.29 is 0 Å². The van der Waals surface area contributed by atoms with Crippen LogP contribution in [0.5, 0.6) is 0 Å². The first kappa shape index (κ1) is 30.1. The first-order valence-electron chi connectivity index (χ1n) is 18.2. The molecule has 54 heavy (non-hydrogen) atoms. The molecule has 0 fully saturated rings. The van der Waals surface area contributed by atoms with Crippen LogP contribution >= 0.6 is 0 Å². The van der Waals surface area contributed by atoms with Gasteiger partial charge >= 0.3 is 0 Å². The van der Waals surface area contributed by atoms with Crippen molar-refractivity contribution in [3.05, 3.63) is 181 Å². The van der Waals surface area contributed by atoms with Gasteiger partial charge < -0.3 is 0 Å². The van der Waals surface area contributed by atoms with Gasteiger partial charge in [0.05, 0.1) is 23.3 Å². The summed E-state index contributed by atoms with van der Waals surface area (Å²) in [7, 11) is 0. The van der Waals surface area contributed by atoms with Gasteiger partial charge in [-0.3, -0.25) is 0 Å². The number of hydrogen-bond donors (Lipinski definition) is 0. The van der Waals surface area contributed by atoms with E-state index in [1.54, 1.807) is 0 Å². The highest BCUT2D eigenvalue weighted by Crippen LogP contribution is 2.45. The molecule has 0 bridgehead atoms. The van der Waals surface area contributed by atoms with Crippen LogP contribution in [0.25, 0.3) is 108 Å². The molecule has 11 aromatic carbocycles. The van der Waals surface area contributed by atoms with Gasteiger partial charge in [-0.1, -0.05) is 133 Å². The molecule has 0 spiro atoms. The van der Waals surface area contributed by atoms with E-state index in [0.29, 0.717) is 11.1 Å².